The average molecular weight is 305 g/mol. The summed E-state index contributed by atoms with van der Waals surface area (Å²) >= 11 is 0. The van der Waals surface area contributed by atoms with Gasteiger partial charge in [0.25, 0.3) is 0 Å². The molecule has 1 heterocycles. The summed E-state index contributed by atoms with van der Waals surface area (Å²) < 4.78 is 38.3. The molecule has 4 N–H and O–H groups in total. The Labute approximate surface area is 120 Å². The molecule has 0 radical (unpaired) electrons. The number of aliphatic hydroxyl groups is 1. The summed E-state index contributed by atoms with van der Waals surface area (Å²) in [5, 5.41) is 10.3. The number of hydrazine groups is 1. The maximum Gasteiger partial charge on any atom is 0.451 e. The second-order valence-electron chi connectivity index (χ2n) is 5.36. The number of nitrogen functional groups attached to an aromatic ring is 1. The molecule has 0 bridgehead atoms. The van der Waals surface area contributed by atoms with Gasteiger partial charge in [0.1, 0.15) is 11.6 Å². The molecule has 0 spiro atoms. The fraction of sp³-hybridized carbons (Fsp3) is 0.667. The fourth-order valence-corrected chi connectivity index (χ4v) is 2.54. The van der Waals surface area contributed by atoms with Crippen molar-refractivity contribution in [3.8, 4) is 0 Å². The van der Waals surface area contributed by atoms with Crippen LogP contribution in [0.1, 0.15) is 31.5 Å². The van der Waals surface area contributed by atoms with Crippen molar-refractivity contribution in [2.75, 3.05) is 23.9 Å². The predicted molar refractivity (Wildman–Crippen MR) is 71.5 cm³/mol. The molecule has 6 nitrogen and oxygen atoms in total. The van der Waals surface area contributed by atoms with E-state index in [-0.39, 0.29) is 18.2 Å². The Bertz CT molecular complexity index is 502. The van der Waals surface area contributed by atoms with Gasteiger partial charge in [0.2, 0.25) is 5.82 Å². The molecule has 0 saturated heterocycles. The first-order valence-corrected chi connectivity index (χ1v) is 6.60. The third-order valence-electron chi connectivity index (χ3n) is 3.57. The van der Waals surface area contributed by atoms with Crippen molar-refractivity contribution in [1.82, 2.24) is 9.97 Å². The van der Waals surface area contributed by atoms with Gasteiger partial charge in [0.15, 0.2) is 0 Å². The van der Waals surface area contributed by atoms with Gasteiger partial charge in [-0.05, 0) is 12.8 Å². The summed E-state index contributed by atoms with van der Waals surface area (Å²) in [4.78, 5) is 8.29. The lowest BCUT2D eigenvalue weighted by Gasteiger charge is -2.29. The van der Waals surface area contributed by atoms with Crippen LogP contribution in [0.15, 0.2) is 6.07 Å². The van der Waals surface area contributed by atoms with Crippen molar-refractivity contribution in [1.29, 1.82) is 0 Å². The van der Waals surface area contributed by atoms with E-state index in [0.29, 0.717) is 12.8 Å². The molecule has 1 saturated carbocycles. The zero-order valence-electron chi connectivity index (χ0n) is 11.6. The van der Waals surface area contributed by atoms with E-state index < -0.39 is 17.6 Å². The van der Waals surface area contributed by atoms with E-state index in [2.05, 4.69) is 15.4 Å². The lowest BCUT2D eigenvalue weighted by atomic mass is 10.0. The molecule has 1 aromatic rings. The summed E-state index contributed by atoms with van der Waals surface area (Å²) in [6, 6.07) is 1.31. The number of anilines is 2. The smallest absolute Gasteiger partial charge is 0.388 e. The Morgan fingerprint density at radius 2 is 2.00 bits per heavy atom. The van der Waals surface area contributed by atoms with Gasteiger partial charge in [-0.1, -0.05) is 12.8 Å². The Hall–Kier alpha value is -1.61. The number of aromatic nitrogens is 2. The molecular formula is C12H18F3N5O. The van der Waals surface area contributed by atoms with Crippen molar-refractivity contribution in [2.24, 2.45) is 5.84 Å². The number of likely N-dealkylation sites (N-methyl/N-ethyl adjacent to an activating group) is 1. The molecule has 0 unspecified atom stereocenters. The molecule has 21 heavy (non-hydrogen) atoms. The average Bonchev–Trinajstić information content (AvgIpc) is 2.83. The molecule has 1 fully saturated rings. The monoisotopic (exact) mass is 305 g/mol. The van der Waals surface area contributed by atoms with Gasteiger partial charge < -0.3 is 15.4 Å². The minimum absolute atomic E-state index is 0.0607. The highest BCUT2D eigenvalue weighted by Gasteiger charge is 2.37. The van der Waals surface area contributed by atoms with Crippen LogP contribution in [-0.4, -0.2) is 34.3 Å². The SMILES string of the molecule is CN(CC1(O)CCCC1)c1cc(NN)nc(C(F)(F)F)n1. The largest absolute Gasteiger partial charge is 0.451 e. The topological polar surface area (TPSA) is 87.3 Å². The summed E-state index contributed by atoms with van der Waals surface area (Å²) in [6.45, 7) is 0.214. The minimum atomic E-state index is -4.66. The van der Waals surface area contributed by atoms with Crippen LogP contribution in [0.25, 0.3) is 0 Å². The third kappa shape index (κ3) is 3.73. The lowest BCUT2D eigenvalue weighted by molar-refractivity contribution is -0.144. The molecule has 1 aliphatic rings. The number of nitrogens with zero attached hydrogens (tertiary/aromatic N) is 3. The number of nitrogens with one attached hydrogen (secondary N) is 1. The standard InChI is InChI=1S/C12H18F3N5O/c1-20(7-11(21)4-2-3-5-11)9-6-8(19-16)17-10(18-9)12(13,14)15/h6,21H,2-5,7,16H2,1H3,(H,17,18,19). The van der Waals surface area contributed by atoms with Gasteiger partial charge in [-0.25, -0.2) is 15.8 Å². The van der Waals surface area contributed by atoms with Crippen LogP contribution in [-0.2, 0) is 6.18 Å². The fourth-order valence-electron chi connectivity index (χ4n) is 2.54. The highest BCUT2D eigenvalue weighted by atomic mass is 19.4. The van der Waals surface area contributed by atoms with Crippen molar-refractivity contribution in [3.05, 3.63) is 11.9 Å². The van der Waals surface area contributed by atoms with Crippen LogP contribution < -0.4 is 16.2 Å². The van der Waals surface area contributed by atoms with E-state index in [4.69, 9.17) is 5.84 Å². The number of rotatable bonds is 4. The summed E-state index contributed by atoms with van der Waals surface area (Å²) in [5.74, 6) is 3.81. The number of hydrogen-bond acceptors (Lipinski definition) is 6. The highest BCUT2D eigenvalue weighted by Crippen LogP contribution is 2.32. The van der Waals surface area contributed by atoms with E-state index in [0.717, 1.165) is 12.8 Å². The Balaban J connectivity index is 2.25. The zero-order valence-corrected chi connectivity index (χ0v) is 11.6. The van der Waals surface area contributed by atoms with Crippen molar-refractivity contribution in [3.63, 3.8) is 0 Å². The van der Waals surface area contributed by atoms with Crippen LogP contribution in [0.5, 0.6) is 0 Å². The Morgan fingerprint density at radius 1 is 1.38 bits per heavy atom. The van der Waals surface area contributed by atoms with Gasteiger partial charge >= 0.3 is 6.18 Å². The molecule has 0 amide bonds. The van der Waals surface area contributed by atoms with E-state index in [1.54, 1.807) is 7.05 Å². The van der Waals surface area contributed by atoms with Gasteiger partial charge in [-0.2, -0.15) is 13.2 Å². The summed E-state index contributed by atoms with van der Waals surface area (Å²) in [7, 11) is 1.58. The van der Waals surface area contributed by atoms with E-state index in [9.17, 15) is 18.3 Å². The van der Waals surface area contributed by atoms with E-state index in [1.165, 1.54) is 11.0 Å². The van der Waals surface area contributed by atoms with E-state index >= 15 is 0 Å². The molecule has 1 aromatic heterocycles. The van der Waals surface area contributed by atoms with Crippen molar-refractivity contribution >= 4 is 11.6 Å². The molecule has 118 valence electrons. The lowest BCUT2D eigenvalue weighted by Crippen LogP contribution is -2.39. The molecule has 0 aliphatic heterocycles. The number of alkyl halides is 3. The molecule has 0 aromatic carbocycles. The normalized spacial score (nSPS) is 17.8. The number of nitrogens with two attached hydrogens (primary N) is 1. The number of hydrogen-bond donors (Lipinski definition) is 3. The quantitative estimate of drug-likeness (QED) is 0.577. The van der Waals surface area contributed by atoms with Crippen LogP contribution in [0.4, 0.5) is 24.8 Å². The molecule has 2 rings (SSSR count). The molecule has 9 heteroatoms. The first-order chi connectivity index (χ1) is 9.73. The maximum absolute atomic E-state index is 12.8. The minimum Gasteiger partial charge on any atom is -0.388 e. The zero-order chi connectivity index (χ0) is 15.7. The van der Waals surface area contributed by atoms with Gasteiger partial charge in [0, 0.05) is 19.7 Å². The van der Waals surface area contributed by atoms with Crippen LogP contribution in [0.3, 0.4) is 0 Å². The number of halogens is 3. The van der Waals surface area contributed by atoms with Crippen LogP contribution in [0.2, 0.25) is 0 Å². The van der Waals surface area contributed by atoms with Crippen LogP contribution >= 0.6 is 0 Å². The van der Waals surface area contributed by atoms with Gasteiger partial charge in [-0.15, -0.1) is 0 Å². The first kappa shape index (κ1) is 15.8. The second kappa shape index (κ2) is 5.64. The van der Waals surface area contributed by atoms with Gasteiger partial charge in [0.05, 0.1) is 5.60 Å². The molecular weight excluding hydrogens is 287 g/mol. The summed E-state index contributed by atoms with van der Waals surface area (Å²) in [5.41, 5.74) is 1.22. The highest BCUT2D eigenvalue weighted by molar-refractivity contribution is 5.49. The molecule has 1 aliphatic carbocycles. The Morgan fingerprint density at radius 3 is 2.52 bits per heavy atom. The van der Waals surface area contributed by atoms with Crippen molar-refractivity contribution in [2.45, 2.75) is 37.5 Å². The first-order valence-electron chi connectivity index (χ1n) is 6.60. The van der Waals surface area contributed by atoms with Crippen LogP contribution in [0, 0.1) is 0 Å². The van der Waals surface area contributed by atoms with E-state index in [1.807, 2.05) is 0 Å². The third-order valence-corrected chi connectivity index (χ3v) is 3.57. The maximum atomic E-state index is 12.8. The summed E-state index contributed by atoms with van der Waals surface area (Å²) in [6.07, 6.45) is -1.56. The van der Waals surface area contributed by atoms with Gasteiger partial charge in [-0.3, -0.25) is 0 Å². The predicted octanol–water partition coefficient (Wildman–Crippen LogP) is 1.52. The Kier molecular flexibility index (Phi) is 4.24. The van der Waals surface area contributed by atoms with Crippen molar-refractivity contribution < 1.29 is 18.3 Å². The second-order valence-corrected chi connectivity index (χ2v) is 5.36. The molecule has 0 atom stereocenters.